The molecule has 0 bridgehead atoms. The lowest BCUT2D eigenvalue weighted by Gasteiger charge is -2.40. The number of aliphatic hydroxyl groups is 6. The first-order valence-electron chi connectivity index (χ1n) is 6.79. The van der Waals surface area contributed by atoms with Crippen LogP contribution in [0.2, 0.25) is 0 Å². The van der Waals surface area contributed by atoms with Gasteiger partial charge in [-0.05, 0) is 6.92 Å². The number of hydrogen-bond acceptors (Lipinski definition) is 9. The summed E-state index contributed by atoms with van der Waals surface area (Å²) in [7, 11) is 0. The van der Waals surface area contributed by atoms with Gasteiger partial charge in [0.05, 0.1) is 18.8 Å². The van der Waals surface area contributed by atoms with Crippen molar-refractivity contribution in [2.45, 2.75) is 62.0 Å². The van der Waals surface area contributed by atoms with E-state index in [2.05, 4.69) is 0 Å². The molecular formula is C12H22O9. The Labute approximate surface area is 121 Å². The molecule has 0 aromatic rings. The maximum Gasteiger partial charge on any atom is 0.224 e. The molecule has 0 saturated carbocycles. The van der Waals surface area contributed by atoms with E-state index < -0.39 is 61.9 Å². The summed E-state index contributed by atoms with van der Waals surface area (Å²) in [5.41, 5.74) is 0. The summed E-state index contributed by atoms with van der Waals surface area (Å²) in [5, 5.41) is 57.8. The monoisotopic (exact) mass is 310 g/mol. The summed E-state index contributed by atoms with van der Waals surface area (Å²) in [6.07, 6.45) is -8.31. The first-order valence-corrected chi connectivity index (χ1v) is 6.79. The molecule has 9 nitrogen and oxygen atoms in total. The van der Waals surface area contributed by atoms with Crippen molar-refractivity contribution in [1.82, 2.24) is 0 Å². The SMILES string of the molecule is CC1CC(O)C(O)C(O[C@]2(CO)OC(CO)C(O)C2O)O1. The van der Waals surface area contributed by atoms with Gasteiger partial charge in [-0.1, -0.05) is 0 Å². The smallest absolute Gasteiger partial charge is 0.224 e. The third kappa shape index (κ3) is 3.07. The van der Waals surface area contributed by atoms with Crippen LogP contribution in [0.4, 0.5) is 0 Å². The molecule has 0 aliphatic carbocycles. The van der Waals surface area contributed by atoms with Crippen LogP contribution in [0.5, 0.6) is 0 Å². The van der Waals surface area contributed by atoms with Crippen LogP contribution in [0.25, 0.3) is 0 Å². The summed E-state index contributed by atoms with van der Waals surface area (Å²) in [4.78, 5) is 0. The van der Waals surface area contributed by atoms with Gasteiger partial charge in [-0.3, -0.25) is 0 Å². The van der Waals surface area contributed by atoms with Crippen molar-refractivity contribution in [1.29, 1.82) is 0 Å². The number of hydrogen-bond donors (Lipinski definition) is 6. The maximum absolute atomic E-state index is 9.99. The highest BCUT2D eigenvalue weighted by molar-refractivity contribution is 4.97. The Kier molecular flexibility index (Phi) is 5.19. The van der Waals surface area contributed by atoms with Crippen molar-refractivity contribution >= 4 is 0 Å². The second-order valence-corrected chi connectivity index (χ2v) is 5.47. The molecule has 124 valence electrons. The summed E-state index contributed by atoms with van der Waals surface area (Å²) >= 11 is 0. The van der Waals surface area contributed by atoms with Gasteiger partial charge in [0.2, 0.25) is 5.79 Å². The number of aliphatic hydroxyl groups excluding tert-OH is 6. The van der Waals surface area contributed by atoms with Gasteiger partial charge < -0.3 is 44.8 Å². The molecular weight excluding hydrogens is 288 g/mol. The van der Waals surface area contributed by atoms with Gasteiger partial charge in [0.25, 0.3) is 0 Å². The van der Waals surface area contributed by atoms with E-state index in [0.29, 0.717) is 0 Å². The zero-order chi connectivity index (χ0) is 15.8. The van der Waals surface area contributed by atoms with Crippen molar-refractivity contribution < 1.29 is 44.8 Å². The van der Waals surface area contributed by atoms with Gasteiger partial charge in [-0.2, -0.15) is 0 Å². The minimum atomic E-state index is -2.05. The van der Waals surface area contributed by atoms with E-state index >= 15 is 0 Å². The highest BCUT2D eigenvalue weighted by atomic mass is 16.8. The highest BCUT2D eigenvalue weighted by Crippen LogP contribution is 2.35. The van der Waals surface area contributed by atoms with Crippen LogP contribution < -0.4 is 0 Å². The molecule has 6 N–H and O–H groups in total. The van der Waals surface area contributed by atoms with E-state index in [9.17, 15) is 25.5 Å². The van der Waals surface area contributed by atoms with Crippen LogP contribution in [0, 0.1) is 0 Å². The normalized spacial score (nSPS) is 51.3. The Morgan fingerprint density at radius 3 is 2.33 bits per heavy atom. The molecule has 2 saturated heterocycles. The van der Waals surface area contributed by atoms with Crippen molar-refractivity contribution in [3.63, 3.8) is 0 Å². The molecule has 0 spiro atoms. The van der Waals surface area contributed by atoms with Crippen molar-refractivity contribution in [3.8, 4) is 0 Å². The lowest BCUT2D eigenvalue weighted by Crippen LogP contribution is -2.57. The van der Waals surface area contributed by atoms with Crippen LogP contribution in [0.1, 0.15) is 13.3 Å². The highest BCUT2D eigenvalue weighted by Gasteiger charge is 2.57. The minimum Gasteiger partial charge on any atom is -0.394 e. The fourth-order valence-corrected chi connectivity index (χ4v) is 2.59. The first kappa shape index (κ1) is 17.0. The van der Waals surface area contributed by atoms with Gasteiger partial charge >= 0.3 is 0 Å². The fourth-order valence-electron chi connectivity index (χ4n) is 2.59. The number of ether oxygens (including phenoxy) is 3. The third-order valence-electron chi connectivity index (χ3n) is 3.83. The lowest BCUT2D eigenvalue weighted by molar-refractivity contribution is -0.371. The largest absolute Gasteiger partial charge is 0.394 e. The van der Waals surface area contributed by atoms with Gasteiger partial charge in [0, 0.05) is 6.42 Å². The van der Waals surface area contributed by atoms with Crippen LogP contribution >= 0.6 is 0 Å². The predicted molar refractivity (Wildman–Crippen MR) is 65.8 cm³/mol. The van der Waals surface area contributed by atoms with Gasteiger partial charge in [-0.15, -0.1) is 0 Å². The molecule has 0 radical (unpaired) electrons. The Morgan fingerprint density at radius 1 is 1.14 bits per heavy atom. The predicted octanol–water partition coefficient (Wildman–Crippen LogP) is -3.34. The fraction of sp³-hybridized carbons (Fsp3) is 1.00. The zero-order valence-corrected chi connectivity index (χ0v) is 11.6. The minimum absolute atomic E-state index is 0.207. The van der Waals surface area contributed by atoms with Gasteiger partial charge in [0.15, 0.2) is 6.29 Å². The molecule has 8 atom stereocenters. The lowest BCUT2D eigenvalue weighted by atomic mass is 10.0. The van der Waals surface area contributed by atoms with Crippen LogP contribution in [0.3, 0.4) is 0 Å². The Bertz CT molecular complexity index is 354. The second-order valence-electron chi connectivity index (χ2n) is 5.47. The number of rotatable bonds is 4. The molecule has 2 rings (SSSR count). The average molecular weight is 310 g/mol. The third-order valence-corrected chi connectivity index (χ3v) is 3.83. The molecule has 2 fully saturated rings. The first-order chi connectivity index (χ1) is 9.84. The summed E-state index contributed by atoms with van der Waals surface area (Å²) in [6, 6.07) is 0. The Balaban J connectivity index is 2.15. The van der Waals surface area contributed by atoms with Gasteiger partial charge in [0.1, 0.15) is 31.0 Å². The van der Waals surface area contributed by atoms with E-state index in [1.54, 1.807) is 6.92 Å². The van der Waals surface area contributed by atoms with Gasteiger partial charge in [-0.25, -0.2) is 0 Å². The summed E-state index contributed by atoms with van der Waals surface area (Å²) in [6.45, 7) is 0.240. The molecule has 2 aliphatic rings. The van der Waals surface area contributed by atoms with E-state index in [4.69, 9.17) is 19.3 Å². The van der Waals surface area contributed by atoms with Crippen molar-refractivity contribution in [2.75, 3.05) is 13.2 Å². The molecule has 21 heavy (non-hydrogen) atoms. The average Bonchev–Trinajstić information content (AvgIpc) is 2.69. The summed E-state index contributed by atoms with van der Waals surface area (Å²) in [5.74, 6) is -2.05. The van der Waals surface area contributed by atoms with Crippen molar-refractivity contribution in [3.05, 3.63) is 0 Å². The van der Waals surface area contributed by atoms with E-state index in [-0.39, 0.29) is 6.42 Å². The standard InChI is InChI=1S/C12H22O9/c1-5-2-6(15)8(16)11(19-5)21-12(4-14)10(18)9(17)7(3-13)20-12/h5-11,13-18H,2-4H2,1H3/t5?,6?,7?,8?,9?,10?,11?,12-/m0/s1. The van der Waals surface area contributed by atoms with E-state index in [1.807, 2.05) is 0 Å². The quantitative estimate of drug-likeness (QED) is 0.313. The topological polar surface area (TPSA) is 149 Å². The van der Waals surface area contributed by atoms with E-state index in [0.717, 1.165) is 0 Å². The van der Waals surface area contributed by atoms with Crippen LogP contribution in [-0.4, -0.2) is 92.6 Å². The molecule has 7 unspecified atom stereocenters. The molecule has 9 heteroatoms. The molecule has 0 aromatic carbocycles. The van der Waals surface area contributed by atoms with Crippen molar-refractivity contribution in [2.24, 2.45) is 0 Å². The Hall–Kier alpha value is -0.360. The molecule has 2 heterocycles. The summed E-state index contributed by atoms with van der Waals surface area (Å²) < 4.78 is 15.9. The van der Waals surface area contributed by atoms with Crippen LogP contribution in [-0.2, 0) is 14.2 Å². The molecule has 2 aliphatic heterocycles. The maximum atomic E-state index is 9.99. The second kappa shape index (κ2) is 6.41. The molecule has 0 amide bonds. The molecule has 0 aromatic heterocycles. The van der Waals surface area contributed by atoms with Crippen LogP contribution in [0.15, 0.2) is 0 Å². The Morgan fingerprint density at radius 2 is 1.81 bits per heavy atom. The van der Waals surface area contributed by atoms with E-state index in [1.165, 1.54) is 0 Å². The zero-order valence-electron chi connectivity index (χ0n) is 11.6.